The third-order valence-electron chi connectivity index (χ3n) is 4.26. The summed E-state index contributed by atoms with van der Waals surface area (Å²) in [6.07, 6.45) is 1.78. The van der Waals surface area contributed by atoms with Gasteiger partial charge in [0.25, 0.3) is 0 Å². The Kier molecular flexibility index (Phi) is 5.67. The van der Waals surface area contributed by atoms with Crippen molar-refractivity contribution in [1.82, 2.24) is 14.5 Å². The van der Waals surface area contributed by atoms with Crippen LogP contribution in [-0.4, -0.2) is 29.2 Å². The maximum Gasteiger partial charge on any atom is 0.224 e. The summed E-state index contributed by atoms with van der Waals surface area (Å²) in [5.41, 5.74) is 14.8. The predicted octanol–water partition coefficient (Wildman–Crippen LogP) is 4.88. The first-order chi connectivity index (χ1) is 12.7. The molecule has 2 aromatic heterocycles. The van der Waals surface area contributed by atoms with Crippen LogP contribution in [-0.2, 0) is 11.5 Å². The van der Waals surface area contributed by atoms with Gasteiger partial charge >= 0.3 is 0 Å². The molecule has 27 heavy (non-hydrogen) atoms. The molecule has 0 aliphatic carbocycles. The van der Waals surface area contributed by atoms with Crippen molar-refractivity contribution in [2.75, 3.05) is 18.1 Å². The fourth-order valence-electron chi connectivity index (χ4n) is 2.74. The van der Waals surface area contributed by atoms with E-state index in [4.69, 9.17) is 39.4 Å². The van der Waals surface area contributed by atoms with Gasteiger partial charge in [-0.3, -0.25) is 0 Å². The molecule has 0 amide bonds. The van der Waals surface area contributed by atoms with Crippen LogP contribution in [0.3, 0.4) is 0 Å². The third-order valence-corrected chi connectivity index (χ3v) is 6.42. The maximum absolute atomic E-state index is 6.50. The van der Waals surface area contributed by atoms with Crippen LogP contribution in [0, 0.1) is 0 Å². The molecular weight excluding hydrogens is 401 g/mol. The molecule has 0 fully saturated rings. The van der Waals surface area contributed by atoms with Crippen molar-refractivity contribution in [3.8, 4) is 11.3 Å². The van der Waals surface area contributed by atoms with Crippen LogP contribution >= 0.6 is 23.2 Å². The number of aromatic nitrogens is 3. The van der Waals surface area contributed by atoms with E-state index in [1.165, 1.54) is 0 Å². The summed E-state index contributed by atoms with van der Waals surface area (Å²) in [5.74, 6) is 0. The Hall–Kier alpha value is -1.80. The van der Waals surface area contributed by atoms with Crippen LogP contribution in [0.2, 0.25) is 36.0 Å². The van der Waals surface area contributed by atoms with Gasteiger partial charge < -0.3 is 20.8 Å². The number of hydrogen-bond donors (Lipinski definition) is 2. The predicted molar refractivity (Wildman–Crippen MR) is 116 cm³/mol. The zero-order valence-electron chi connectivity index (χ0n) is 15.6. The van der Waals surface area contributed by atoms with Gasteiger partial charge in [-0.05, 0) is 23.7 Å². The number of para-hydroxylation sites is 1. The zero-order chi connectivity index (χ0) is 19.8. The Morgan fingerprint density at radius 3 is 2.59 bits per heavy atom. The van der Waals surface area contributed by atoms with Gasteiger partial charge in [-0.25, -0.2) is 4.98 Å². The van der Waals surface area contributed by atoms with Crippen LogP contribution in [0.25, 0.3) is 22.3 Å². The molecule has 0 atom stereocenters. The number of rotatable bonds is 6. The van der Waals surface area contributed by atoms with Gasteiger partial charge in [0, 0.05) is 26.4 Å². The minimum absolute atomic E-state index is 0.109. The molecule has 0 aliphatic heterocycles. The van der Waals surface area contributed by atoms with Gasteiger partial charge in [0.1, 0.15) is 12.4 Å². The normalized spacial score (nSPS) is 12.0. The number of halogens is 2. The van der Waals surface area contributed by atoms with Gasteiger partial charge in [-0.15, -0.1) is 0 Å². The minimum Gasteiger partial charge on any atom is -0.397 e. The number of hydrogen-bond acceptors (Lipinski definition) is 5. The summed E-state index contributed by atoms with van der Waals surface area (Å²) in [4.78, 5) is 8.71. The lowest BCUT2D eigenvalue weighted by Crippen LogP contribution is -2.22. The summed E-state index contributed by atoms with van der Waals surface area (Å²) < 4.78 is 7.67. The second kappa shape index (κ2) is 7.67. The first-order valence-electron chi connectivity index (χ1n) is 8.61. The zero-order valence-corrected chi connectivity index (χ0v) is 18.1. The summed E-state index contributed by atoms with van der Waals surface area (Å²) in [5, 5.41) is 1.29. The van der Waals surface area contributed by atoms with Gasteiger partial charge in [0.05, 0.1) is 27.5 Å². The molecule has 144 valence electrons. The Bertz CT molecular complexity index is 984. The standard InChI is InChI=1S/C18H23Cl2N5OSi/c1-27(2,3)8-7-26-10-25-9-12(19)14-16(23-18(20)24-17(14)25)11-5-4-6-13(21)15(11)22/h4-6,9H,7-8,10,21-22H2,1-3H3. The van der Waals surface area contributed by atoms with Gasteiger partial charge in [-0.2, -0.15) is 4.98 Å². The molecule has 6 nitrogen and oxygen atoms in total. The lowest BCUT2D eigenvalue weighted by atomic mass is 10.1. The van der Waals surface area contributed by atoms with Crippen LogP contribution in [0.5, 0.6) is 0 Å². The molecule has 9 heteroatoms. The molecule has 0 aliphatic rings. The molecule has 0 radical (unpaired) electrons. The van der Waals surface area contributed by atoms with E-state index in [2.05, 4.69) is 29.6 Å². The molecule has 2 heterocycles. The van der Waals surface area contributed by atoms with Crippen molar-refractivity contribution < 1.29 is 4.74 Å². The van der Waals surface area contributed by atoms with Crippen LogP contribution in [0.1, 0.15) is 0 Å². The molecule has 1 aromatic carbocycles. The number of nitrogens with zero attached hydrogens (tertiary/aromatic N) is 3. The van der Waals surface area contributed by atoms with Crippen molar-refractivity contribution in [2.45, 2.75) is 32.4 Å². The fraction of sp³-hybridized carbons (Fsp3) is 0.333. The van der Waals surface area contributed by atoms with Crippen molar-refractivity contribution in [3.63, 3.8) is 0 Å². The SMILES string of the molecule is C[Si](C)(C)CCOCn1cc(Cl)c2c(-c3cccc(N)c3N)nc(Cl)nc21. The van der Waals surface area contributed by atoms with Crippen LogP contribution < -0.4 is 11.5 Å². The molecule has 0 bridgehead atoms. The number of benzene rings is 1. The molecule has 0 saturated heterocycles. The Balaban J connectivity index is 2.00. The minimum atomic E-state index is -1.15. The molecule has 3 aromatic rings. The monoisotopic (exact) mass is 423 g/mol. The highest BCUT2D eigenvalue weighted by molar-refractivity contribution is 6.76. The first-order valence-corrected chi connectivity index (χ1v) is 13.1. The number of nitrogen functional groups attached to an aromatic ring is 2. The van der Waals surface area contributed by atoms with Crippen molar-refractivity contribution in [2.24, 2.45) is 0 Å². The van der Waals surface area contributed by atoms with Crippen LogP contribution in [0.4, 0.5) is 11.4 Å². The first kappa shape index (κ1) is 19.9. The van der Waals surface area contributed by atoms with E-state index in [9.17, 15) is 0 Å². The number of ether oxygens (including phenoxy) is 1. The van der Waals surface area contributed by atoms with Gasteiger partial charge in [-0.1, -0.05) is 43.4 Å². The van der Waals surface area contributed by atoms with E-state index in [1.807, 2.05) is 16.7 Å². The highest BCUT2D eigenvalue weighted by Gasteiger charge is 2.19. The molecular formula is C18H23Cl2N5OSi. The number of anilines is 2. The van der Waals surface area contributed by atoms with E-state index < -0.39 is 8.07 Å². The largest absolute Gasteiger partial charge is 0.397 e. The molecule has 4 N–H and O–H groups in total. The quantitative estimate of drug-likeness (QED) is 0.255. The van der Waals surface area contributed by atoms with Crippen molar-refractivity contribution in [3.05, 3.63) is 34.7 Å². The Labute approximate surface area is 169 Å². The second-order valence-corrected chi connectivity index (χ2v) is 14.0. The maximum atomic E-state index is 6.50. The smallest absolute Gasteiger partial charge is 0.224 e. The third kappa shape index (κ3) is 4.38. The average Bonchev–Trinajstić information content (AvgIpc) is 2.88. The Morgan fingerprint density at radius 1 is 1.15 bits per heavy atom. The lowest BCUT2D eigenvalue weighted by molar-refractivity contribution is 0.0899. The number of fused-ring (bicyclic) bond motifs is 1. The summed E-state index contributed by atoms with van der Waals surface area (Å²) >= 11 is 12.7. The summed E-state index contributed by atoms with van der Waals surface area (Å²) in [7, 11) is -1.15. The summed E-state index contributed by atoms with van der Waals surface area (Å²) in [6, 6.07) is 6.47. The average molecular weight is 424 g/mol. The van der Waals surface area contributed by atoms with E-state index in [0.717, 1.165) is 6.04 Å². The molecule has 0 spiro atoms. The van der Waals surface area contributed by atoms with Gasteiger partial charge in [0.15, 0.2) is 0 Å². The van der Waals surface area contributed by atoms with Crippen molar-refractivity contribution in [1.29, 1.82) is 0 Å². The Morgan fingerprint density at radius 2 is 1.89 bits per heavy atom. The molecule has 3 rings (SSSR count). The lowest BCUT2D eigenvalue weighted by Gasteiger charge is -2.15. The fourth-order valence-corrected chi connectivity index (χ4v) is 3.95. The topological polar surface area (TPSA) is 92.0 Å². The summed E-state index contributed by atoms with van der Waals surface area (Å²) in [6.45, 7) is 7.97. The van der Waals surface area contributed by atoms with E-state index in [1.54, 1.807) is 12.3 Å². The van der Waals surface area contributed by atoms with E-state index in [-0.39, 0.29) is 5.28 Å². The highest BCUT2D eigenvalue weighted by Crippen LogP contribution is 2.37. The van der Waals surface area contributed by atoms with Gasteiger partial charge in [0.2, 0.25) is 5.28 Å². The molecule has 0 unspecified atom stereocenters. The van der Waals surface area contributed by atoms with E-state index in [0.29, 0.717) is 52.0 Å². The van der Waals surface area contributed by atoms with Crippen molar-refractivity contribution >= 4 is 53.7 Å². The number of nitrogens with two attached hydrogens (primary N) is 2. The second-order valence-electron chi connectivity index (χ2n) is 7.64. The molecule has 0 saturated carbocycles. The van der Waals surface area contributed by atoms with Crippen LogP contribution in [0.15, 0.2) is 24.4 Å². The highest BCUT2D eigenvalue weighted by atomic mass is 35.5. The van der Waals surface area contributed by atoms with E-state index >= 15 is 0 Å².